The van der Waals surface area contributed by atoms with Gasteiger partial charge >= 0.3 is 0 Å². The highest BCUT2D eigenvalue weighted by Gasteiger charge is 2.26. The normalized spacial score (nSPS) is 12.1. The van der Waals surface area contributed by atoms with Crippen molar-refractivity contribution in [2.75, 3.05) is 6.54 Å². The van der Waals surface area contributed by atoms with E-state index in [4.69, 9.17) is 5.73 Å². The lowest BCUT2D eigenvalue weighted by molar-refractivity contribution is 0.271. The molecule has 0 amide bonds. The van der Waals surface area contributed by atoms with Gasteiger partial charge in [-0.05, 0) is 38.6 Å². The first-order valence-corrected chi connectivity index (χ1v) is 6.51. The molecule has 0 fully saturated rings. The average molecular weight is 226 g/mol. The van der Waals surface area contributed by atoms with Crippen LogP contribution in [0.3, 0.4) is 0 Å². The van der Waals surface area contributed by atoms with Crippen LogP contribution in [0.25, 0.3) is 0 Å². The third-order valence-electron chi connectivity index (χ3n) is 3.53. The Kier molecular flexibility index (Phi) is 4.29. The van der Waals surface area contributed by atoms with E-state index in [0.717, 1.165) is 25.8 Å². The quantitative estimate of drug-likeness (QED) is 0.838. The van der Waals surface area contributed by atoms with Crippen LogP contribution in [0.15, 0.2) is 0 Å². The smallest absolute Gasteiger partial charge is 0.0936 e. The maximum Gasteiger partial charge on any atom is 0.0936 e. The first-order chi connectivity index (χ1) is 7.06. The molecule has 0 aliphatic rings. The fraction of sp³-hybridized carbons (Fsp3) is 0.750. The van der Waals surface area contributed by atoms with Crippen molar-refractivity contribution in [2.24, 2.45) is 11.1 Å². The van der Waals surface area contributed by atoms with E-state index in [-0.39, 0.29) is 5.41 Å². The Hall–Kier alpha value is -0.410. The van der Waals surface area contributed by atoms with E-state index < -0.39 is 0 Å². The molecule has 0 saturated heterocycles. The molecule has 0 unspecified atom stereocenters. The van der Waals surface area contributed by atoms with Gasteiger partial charge in [-0.2, -0.15) is 0 Å². The number of aromatic nitrogens is 1. The second-order valence-corrected chi connectivity index (χ2v) is 5.62. The summed E-state index contributed by atoms with van der Waals surface area (Å²) in [5.41, 5.74) is 7.33. The van der Waals surface area contributed by atoms with Crippen molar-refractivity contribution in [3.8, 4) is 0 Å². The number of hydrogen-bond acceptors (Lipinski definition) is 3. The molecule has 2 N–H and O–H groups in total. The molecule has 0 aromatic carbocycles. The molecule has 0 aliphatic carbocycles. The highest BCUT2D eigenvalue weighted by atomic mass is 32.1. The number of aryl methyl sites for hydroxylation is 2. The van der Waals surface area contributed by atoms with E-state index in [2.05, 4.69) is 32.7 Å². The molecular formula is C12H22N2S. The fourth-order valence-corrected chi connectivity index (χ4v) is 2.90. The van der Waals surface area contributed by atoms with Gasteiger partial charge in [-0.3, -0.25) is 0 Å². The minimum absolute atomic E-state index is 0.261. The molecule has 0 atom stereocenters. The van der Waals surface area contributed by atoms with Crippen molar-refractivity contribution in [1.82, 2.24) is 4.98 Å². The van der Waals surface area contributed by atoms with Gasteiger partial charge in [0, 0.05) is 11.3 Å². The molecule has 1 heterocycles. The summed E-state index contributed by atoms with van der Waals surface area (Å²) in [4.78, 5) is 5.94. The summed E-state index contributed by atoms with van der Waals surface area (Å²) in [7, 11) is 0. The molecule has 15 heavy (non-hydrogen) atoms. The van der Waals surface area contributed by atoms with Crippen molar-refractivity contribution in [3.63, 3.8) is 0 Å². The van der Waals surface area contributed by atoms with E-state index in [1.165, 1.54) is 15.6 Å². The topological polar surface area (TPSA) is 38.9 Å². The van der Waals surface area contributed by atoms with Crippen LogP contribution in [-0.2, 0) is 6.42 Å². The third-order valence-corrected chi connectivity index (χ3v) is 4.60. The lowest BCUT2D eigenvalue weighted by Crippen LogP contribution is -2.31. The Morgan fingerprint density at radius 1 is 1.27 bits per heavy atom. The van der Waals surface area contributed by atoms with Crippen LogP contribution in [0, 0.1) is 19.3 Å². The summed E-state index contributed by atoms with van der Waals surface area (Å²) in [5.74, 6) is 0. The molecule has 0 spiro atoms. The van der Waals surface area contributed by atoms with E-state index in [0.29, 0.717) is 0 Å². The summed E-state index contributed by atoms with van der Waals surface area (Å²) < 4.78 is 0. The SMILES string of the molecule is CCC(CC)(CN)Cc1nc(C)c(C)s1. The highest BCUT2D eigenvalue weighted by molar-refractivity contribution is 7.11. The van der Waals surface area contributed by atoms with Gasteiger partial charge in [0.2, 0.25) is 0 Å². The zero-order valence-corrected chi connectivity index (χ0v) is 11.1. The van der Waals surface area contributed by atoms with Gasteiger partial charge < -0.3 is 5.73 Å². The monoisotopic (exact) mass is 226 g/mol. The zero-order chi connectivity index (χ0) is 11.5. The molecule has 0 radical (unpaired) electrons. The number of hydrogen-bond donors (Lipinski definition) is 1. The Labute approximate surface area is 96.9 Å². The minimum Gasteiger partial charge on any atom is -0.330 e. The minimum atomic E-state index is 0.261. The van der Waals surface area contributed by atoms with Crippen molar-refractivity contribution in [1.29, 1.82) is 0 Å². The van der Waals surface area contributed by atoms with Gasteiger partial charge in [-0.15, -0.1) is 11.3 Å². The predicted octanol–water partition coefficient (Wildman–Crippen LogP) is 3.07. The van der Waals surface area contributed by atoms with Crippen molar-refractivity contribution < 1.29 is 0 Å². The van der Waals surface area contributed by atoms with Crippen LogP contribution in [0.4, 0.5) is 0 Å². The maximum absolute atomic E-state index is 5.90. The van der Waals surface area contributed by atoms with Crippen LogP contribution < -0.4 is 5.73 Å². The fourth-order valence-electron chi connectivity index (χ4n) is 1.80. The van der Waals surface area contributed by atoms with Crippen LogP contribution in [0.1, 0.15) is 42.3 Å². The summed E-state index contributed by atoms with van der Waals surface area (Å²) in [6, 6.07) is 0. The standard InChI is InChI=1S/C12H22N2S/c1-5-12(6-2,8-13)7-11-14-9(3)10(4)15-11/h5-8,13H2,1-4H3. The van der Waals surface area contributed by atoms with E-state index in [1.807, 2.05) is 11.3 Å². The summed E-state index contributed by atoms with van der Waals surface area (Å²) in [6.45, 7) is 9.43. The van der Waals surface area contributed by atoms with Gasteiger partial charge in [0.1, 0.15) is 0 Å². The molecule has 1 rings (SSSR count). The molecule has 0 saturated carbocycles. The summed E-state index contributed by atoms with van der Waals surface area (Å²) in [5, 5.41) is 1.25. The summed E-state index contributed by atoms with van der Waals surface area (Å²) in [6.07, 6.45) is 3.31. The average Bonchev–Trinajstić information content (AvgIpc) is 2.55. The maximum atomic E-state index is 5.90. The van der Waals surface area contributed by atoms with Gasteiger partial charge in [0.05, 0.1) is 10.7 Å². The second kappa shape index (κ2) is 5.08. The molecule has 0 aliphatic heterocycles. The predicted molar refractivity (Wildman–Crippen MR) is 67.4 cm³/mol. The Morgan fingerprint density at radius 3 is 2.20 bits per heavy atom. The highest BCUT2D eigenvalue weighted by Crippen LogP contribution is 2.31. The van der Waals surface area contributed by atoms with Crippen molar-refractivity contribution in [3.05, 3.63) is 15.6 Å². The Morgan fingerprint density at radius 2 is 1.87 bits per heavy atom. The molecule has 3 heteroatoms. The first kappa shape index (κ1) is 12.7. The van der Waals surface area contributed by atoms with Crippen molar-refractivity contribution in [2.45, 2.75) is 47.0 Å². The molecule has 1 aromatic heterocycles. The largest absolute Gasteiger partial charge is 0.330 e. The van der Waals surface area contributed by atoms with E-state index in [9.17, 15) is 0 Å². The van der Waals surface area contributed by atoms with Crippen LogP contribution in [0.5, 0.6) is 0 Å². The van der Waals surface area contributed by atoms with Gasteiger partial charge in [0.25, 0.3) is 0 Å². The third kappa shape index (κ3) is 2.79. The van der Waals surface area contributed by atoms with Crippen LogP contribution in [0.2, 0.25) is 0 Å². The lowest BCUT2D eigenvalue weighted by Gasteiger charge is -2.28. The first-order valence-electron chi connectivity index (χ1n) is 5.70. The lowest BCUT2D eigenvalue weighted by atomic mass is 9.79. The summed E-state index contributed by atoms with van der Waals surface area (Å²) >= 11 is 1.82. The number of rotatable bonds is 5. The van der Waals surface area contributed by atoms with Gasteiger partial charge in [-0.25, -0.2) is 4.98 Å². The molecule has 86 valence electrons. The Balaban J connectivity index is 2.82. The number of nitrogens with zero attached hydrogens (tertiary/aromatic N) is 1. The number of thiazole rings is 1. The Bertz CT molecular complexity index is 286. The van der Waals surface area contributed by atoms with Crippen LogP contribution in [-0.4, -0.2) is 11.5 Å². The molecular weight excluding hydrogens is 204 g/mol. The second-order valence-electron chi connectivity index (χ2n) is 4.34. The molecule has 0 bridgehead atoms. The molecule has 2 nitrogen and oxygen atoms in total. The number of nitrogens with two attached hydrogens (primary N) is 1. The van der Waals surface area contributed by atoms with E-state index >= 15 is 0 Å². The zero-order valence-electron chi connectivity index (χ0n) is 10.3. The van der Waals surface area contributed by atoms with Crippen LogP contribution >= 0.6 is 11.3 Å². The van der Waals surface area contributed by atoms with Crippen molar-refractivity contribution >= 4 is 11.3 Å². The molecule has 1 aromatic rings. The van der Waals surface area contributed by atoms with Gasteiger partial charge in [0.15, 0.2) is 0 Å². The van der Waals surface area contributed by atoms with E-state index in [1.54, 1.807) is 0 Å². The van der Waals surface area contributed by atoms with Gasteiger partial charge in [-0.1, -0.05) is 13.8 Å².